The summed E-state index contributed by atoms with van der Waals surface area (Å²) in [4.78, 5) is 9.57. The van der Waals surface area contributed by atoms with Gasteiger partial charge in [0.1, 0.15) is 35.9 Å². The molecule has 300 valence electrons. The SMILES string of the molecule is CC(C)(C)c1ccnc(-n2c3ccccc3c3ccc(Oc4cccc(C5=COC6=C(c7ccccc7)N(c7c(-c8ccccc8)cccc7-c7ccccc7)CN56)c4)cc32)c1. The number of rotatable bonds is 8. The number of anilines is 1. The standard InChI is InChI=1S/C56H44N4O2/c1-56(2,3)42-31-32-57-52(34-42)60-49-28-14-13-25-47(49)48-30-29-44(35-50(48)60)62-43-24-15-23-41(33-43)51-36-61-55-53(40-21-11-6-12-22-40)59(37-58(51)55)54-45(38-17-7-4-8-18-38)26-16-27-46(54)39-19-9-5-10-20-39/h4-36H,37H2,1-3H3. The van der Waals surface area contributed by atoms with Gasteiger partial charge in [0.05, 0.1) is 22.4 Å². The molecule has 9 aromatic rings. The highest BCUT2D eigenvalue weighted by atomic mass is 16.5. The first kappa shape index (κ1) is 37.2. The smallest absolute Gasteiger partial charge is 0.226 e. The van der Waals surface area contributed by atoms with Gasteiger partial charge in [0.15, 0.2) is 0 Å². The van der Waals surface area contributed by atoms with Gasteiger partial charge in [-0.15, -0.1) is 0 Å². The van der Waals surface area contributed by atoms with E-state index in [4.69, 9.17) is 14.5 Å². The lowest BCUT2D eigenvalue weighted by Crippen LogP contribution is -2.26. The maximum atomic E-state index is 6.73. The van der Waals surface area contributed by atoms with E-state index in [2.05, 4.69) is 217 Å². The predicted octanol–water partition coefficient (Wildman–Crippen LogP) is 14.0. The van der Waals surface area contributed by atoms with Crippen LogP contribution in [0, 0.1) is 0 Å². The lowest BCUT2D eigenvalue weighted by atomic mass is 9.88. The van der Waals surface area contributed by atoms with E-state index in [1.807, 2.05) is 18.5 Å². The molecule has 7 aromatic carbocycles. The number of nitrogens with zero attached hydrogens (tertiary/aromatic N) is 4. The van der Waals surface area contributed by atoms with Gasteiger partial charge in [-0.3, -0.25) is 9.47 Å². The van der Waals surface area contributed by atoms with Crippen LogP contribution in [0.3, 0.4) is 0 Å². The third-order valence-corrected chi connectivity index (χ3v) is 11.9. The zero-order chi connectivity index (χ0) is 41.8. The molecule has 0 fully saturated rings. The number of benzene rings is 7. The van der Waals surface area contributed by atoms with E-state index >= 15 is 0 Å². The van der Waals surface area contributed by atoms with Crippen molar-refractivity contribution in [1.82, 2.24) is 14.5 Å². The minimum absolute atomic E-state index is 0.0136. The van der Waals surface area contributed by atoms with Crippen LogP contribution in [0.1, 0.15) is 37.5 Å². The first-order chi connectivity index (χ1) is 30.4. The topological polar surface area (TPSA) is 42.8 Å². The second kappa shape index (κ2) is 15.0. The zero-order valence-electron chi connectivity index (χ0n) is 34.9. The summed E-state index contributed by atoms with van der Waals surface area (Å²) >= 11 is 0. The fourth-order valence-corrected chi connectivity index (χ4v) is 8.94. The highest BCUT2D eigenvalue weighted by molar-refractivity contribution is 6.09. The molecule has 11 rings (SSSR count). The van der Waals surface area contributed by atoms with Gasteiger partial charge in [-0.25, -0.2) is 4.98 Å². The van der Waals surface area contributed by atoms with Crippen molar-refractivity contribution in [2.24, 2.45) is 0 Å². The fourth-order valence-electron chi connectivity index (χ4n) is 8.94. The Balaban J connectivity index is 0.972. The number of fused-ring (bicyclic) bond motifs is 4. The van der Waals surface area contributed by atoms with Gasteiger partial charge in [-0.05, 0) is 64.6 Å². The average Bonchev–Trinajstić information content (AvgIpc) is 4.00. The lowest BCUT2D eigenvalue weighted by Gasteiger charge is -2.29. The molecule has 6 nitrogen and oxygen atoms in total. The van der Waals surface area contributed by atoms with Crippen LogP contribution in [0.4, 0.5) is 5.69 Å². The minimum atomic E-state index is -0.0136. The number of hydrogen-bond donors (Lipinski definition) is 0. The molecule has 0 amide bonds. The number of hydrogen-bond acceptors (Lipinski definition) is 5. The molecule has 62 heavy (non-hydrogen) atoms. The summed E-state index contributed by atoms with van der Waals surface area (Å²) < 4.78 is 15.6. The van der Waals surface area contributed by atoms with Gasteiger partial charge in [0, 0.05) is 45.3 Å². The van der Waals surface area contributed by atoms with Gasteiger partial charge in [-0.1, -0.05) is 160 Å². The Hall–Kier alpha value is -7.83. The molecule has 2 aliphatic rings. The van der Waals surface area contributed by atoms with Crippen molar-refractivity contribution < 1.29 is 9.47 Å². The molecule has 2 aromatic heterocycles. The molecule has 0 saturated heterocycles. The summed E-state index contributed by atoms with van der Waals surface area (Å²) in [5.41, 5.74) is 13.1. The molecule has 4 heterocycles. The molecule has 2 aliphatic heterocycles. The summed E-state index contributed by atoms with van der Waals surface area (Å²) in [5, 5.41) is 2.32. The van der Waals surface area contributed by atoms with Crippen LogP contribution in [0.2, 0.25) is 0 Å². The number of pyridine rings is 1. The second-order valence-electron chi connectivity index (χ2n) is 16.9. The van der Waals surface area contributed by atoms with Crippen LogP contribution in [-0.4, -0.2) is 21.1 Å². The highest BCUT2D eigenvalue weighted by Gasteiger charge is 2.40. The van der Waals surface area contributed by atoms with Crippen LogP contribution in [0.15, 0.2) is 206 Å². The van der Waals surface area contributed by atoms with Crippen molar-refractivity contribution in [1.29, 1.82) is 0 Å². The van der Waals surface area contributed by atoms with Crippen molar-refractivity contribution in [2.45, 2.75) is 26.2 Å². The van der Waals surface area contributed by atoms with Crippen LogP contribution in [0.25, 0.3) is 61.3 Å². The number of para-hydroxylation sites is 2. The summed E-state index contributed by atoms with van der Waals surface area (Å²) in [7, 11) is 0. The van der Waals surface area contributed by atoms with Gasteiger partial charge in [-0.2, -0.15) is 0 Å². The number of ether oxygens (including phenoxy) is 2. The molecular formula is C56H44N4O2. The molecule has 0 N–H and O–H groups in total. The van der Waals surface area contributed by atoms with Crippen LogP contribution in [-0.2, 0) is 10.2 Å². The first-order valence-electron chi connectivity index (χ1n) is 21.1. The van der Waals surface area contributed by atoms with Crippen molar-refractivity contribution in [2.75, 3.05) is 11.6 Å². The summed E-state index contributed by atoms with van der Waals surface area (Å²) in [6, 6.07) is 65.9. The van der Waals surface area contributed by atoms with E-state index in [0.29, 0.717) is 6.67 Å². The Morgan fingerprint density at radius 2 is 1.15 bits per heavy atom. The summed E-state index contributed by atoms with van der Waals surface area (Å²) in [6.45, 7) is 7.25. The van der Waals surface area contributed by atoms with Crippen LogP contribution < -0.4 is 9.64 Å². The molecule has 0 unspecified atom stereocenters. The van der Waals surface area contributed by atoms with E-state index in [9.17, 15) is 0 Å². The van der Waals surface area contributed by atoms with Gasteiger partial charge >= 0.3 is 0 Å². The zero-order valence-corrected chi connectivity index (χ0v) is 34.9. The third-order valence-electron chi connectivity index (χ3n) is 11.9. The third kappa shape index (κ3) is 6.48. The lowest BCUT2D eigenvalue weighted by molar-refractivity contribution is 0.297. The van der Waals surface area contributed by atoms with Gasteiger partial charge < -0.3 is 14.4 Å². The first-order valence-corrected chi connectivity index (χ1v) is 21.1. The van der Waals surface area contributed by atoms with E-state index in [-0.39, 0.29) is 5.41 Å². The Morgan fingerprint density at radius 3 is 1.85 bits per heavy atom. The monoisotopic (exact) mass is 804 g/mol. The minimum Gasteiger partial charge on any atom is -0.457 e. The fraction of sp³-hybridized carbons (Fsp3) is 0.0893. The van der Waals surface area contributed by atoms with E-state index in [0.717, 1.165) is 90.1 Å². The molecule has 0 saturated carbocycles. The normalized spacial score (nSPS) is 13.8. The Morgan fingerprint density at radius 1 is 0.532 bits per heavy atom. The maximum absolute atomic E-state index is 6.73. The predicted molar refractivity (Wildman–Crippen MR) is 253 cm³/mol. The van der Waals surface area contributed by atoms with Crippen molar-refractivity contribution in [3.63, 3.8) is 0 Å². The van der Waals surface area contributed by atoms with Crippen molar-refractivity contribution in [3.05, 3.63) is 223 Å². The Kier molecular flexibility index (Phi) is 9.01. The summed E-state index contributed by atoms with van der Waals surface area (Å²) in [5.74, 6) is 3.15. The van der Waals surface area contributed by atoms with Crippen molar-refractivity contribution >= 4 is 38.9 Å². The molecule has 0 radical (unpaired) electrons. The van der Waals surface area contributed by atoms with E-state index in [1.54, 1.807) is 0 Å². The molecule has 0 spiro atoms. The van der Waals surface area contributed by atoms with Crippen LogP contribution in [0.5, 0.6) is 11.5 Å². The Bertz CT molecular complexity index is 3140. The maximum Gasteiger partial charge on any atom is 0.226 e. The van der Waals surface area contributed by atoms with E-state index in [1.165, 1.54) is 10.9 Å². The molecule has 0 atom stereocenters. The molecular weight excluding hydrogens is 761 g/mol. The Labute approximate surface area is 361 Å². The highest BCUT2D eigenvalue weighted by Crippen LogP contribution is 2.49. The largest absolute Gasteiger partial charge is 0.457 e. The van der Waals surface area contributed by atoms with Crippen molar-refractivity contribution in [3.8, 4) is 39.6 Å². The second-order valence-corrected chi connectivity index (χ2v) is 16.9. The van der Waals surface area contributed by atoms with Gasteiger partial charge in [0.2, 0.25) is 5.88 Å². The quantitative estimate of drug-likeness (QED) is 0.153. The molecule has 0 bridgehead atoms. The number of aromatic nitrogens is 2. The summed E-state index contributed by atoms with van der Waals surface area (Å²) in [6.07, 6.45) is 3.79. The van der Waals surface area contributed by atoms with Crippen LogP contribution >= 0.6 is 0 Å². The van der Waals surface area contributed by atoms with Gasteiger partial charge in [0.25, 0.3) is 0 Å². The van der Waals surface area contributed by atoms with E-state index < -0.39 is 0 Å². The average molecular weight is 805 g/mol. The molecule has 6 heteroatoms. The molecule has 0 aliphatic carbocycles.